The van der Waals surface area contributed by atoms with Crippen LogP contribution in [0.25, 0.3) is 10.9 Å². The zero-order chi connectivity index (χ0) is 21.0. The molecule has 30 heavy (non-hydrogen) atoms. The van der Waals surface area contributed by atoms with Crippen molar-refractivity contribution >= 4 is 22.5 Å². The molecule has 4 aliphatic rings. The molecule has 1 heterocycles. The van der Waals surface area contributed by atoms with E-state index in [9.17, 15) is 19.7 Å². The molecule has 158 valence electrons. The Morgan fingerprint density at radius 3 is 2.50 bits per heavy atom. The molecule has 1 aromatic heterocycles. The van der Waals surface area contributed by atoms with Crippen LogP contribution in [-0.2, 0) is 11.3 Å². The molecule has 8 heteroatoms. The fourth-order valence-corrected chi connectivity index (χ4v) is 6.68. The molecule has 2 aromatic rings. The first-order valence-electron chi connectivity index (χ1n) is 10.8. The summed E-state index contributed by atoms with van der Waals surface area (Å²) < 4.78 is 1.23. The summed E-state index contributed by atoms with van der Waals surface area (Å²) in [5, 5.41) is 14.3. The molecule has 0 radical (unpaired) electrons. The van der Waals surface area contributed by atoms with Gasteiger partial charge in [-0.05, 0) is 74.7 Å². The molecular weight excluding hydrogens is 384 g/mol. The lowest BCUT2D eigenvalue weighted by Crippen LogP contribution is -2.56. The molecule has 6 rings (SSSR count). The van der Waals surface area contributed by atoms with Crippen LogP contribution < -0.4 is 10.9 Å². The van der Waals surface area contributed by atoms with Crippen molar-refractivity contribution in [2.24, 2.45) is 23.2 Å². The number of hydrogen-bond donors (Lipinski definition) is 1. The predicted octanol–water partition coefficient (Wildman–Crippen LogP) is 3.03. The van der Waals surface area contributed by atoms with E-state index < -0.39 is 10.5 Å². The predicted molar refractivity (Wildman–Crippen MR) is 111 cm³/mol. The van der Waals surface area contributed by atoms with E-state index in [4.69, 9.17) is 0 Å². The second kappa shape index (κ2) is 6.89. The number of aromatic nitrogens is 2. The van der Waals surface area contributed by atoms with Crippen LogP contribution in [0.2, 0.25) is 0 Å². The molecule has 1 aromatic carbocycles. The summed E-state index contributed by atoms with van der Waals surface area (Å²) in [6.45, 7) is 1.97. The number of nitro benzene ring substituents is 1. The van der Waals surface area contributed by atoms with E-state index in [1.165, 1.54) is 67.6 Å². The highest BCUT2D eigenvalue weighted by atomic mass is 16.6. The Bertz CT molecular complexity index is 1060. The average molecular weight is 410 g/mol. The van der Waals surface area contributed by atoms with Gasteiger partial charge < -0.3 is 5.32 Å². The van der Waals surface area contributed by atoms with Crippen molar-refractivity contribution in [2.75, 3.05) is 0 Å². The zero-order valence-electron chi connectivity index (χ0n) is 17.0. The number of nitro groups is 1. The molecule has 0 spiro atoms. The van der Waals surface area contributed by atoms with E-state index in [2.05, 4.69) is 17.2 Å². The summed E-state index contributed by atoms with van der Waals surface area (Å²) in [5.74, 6) is 2.20. The fourth-order valence-electron chi connectivity index (χ4n) is 6.68. The number of non-ortho nitro benzene ring substituents is 1. The maximum atomic E-state index is 12.8. The quantitative estimate of drug-likeness (QED) is 0.602. The number of benzene rings is 1. The molecular formula is C22H26N4O4. The van der Waals surface area contributed by atoms with Crippen molar-refractivity contribution in [3.05, 3.63) is 45.0 Å². The standard InChI is InChI=1S/C22H26N4O4/c1-13(22-8-14-4-15(9-22)6-16(5-14)10-22)24-20(27)11-25-12-23-19-3-2-17(26(29)30)7-18(19)21(25)28/h2-3,7,12-16H,4-6,8-11H2,1H3,(H,24,27)/t13-,14?,15?,16?,22?/m0/s1. The molecule has 0 aliphatic heterocycles. The Morgan fingerprint density at radius 1 is 1.27 bits per heavy atom. The minimum absolute atomic E-state index is 0.0728. The third-order valence-corrected chi connectivity index (χ3v) is 7.71. The number of nitrogens with one attached hydrogen (secondary N) is 1. The molecule has 1 atom stereocenters. The first kappa shape index (κ1) is 19.2. The molecule has 1 N–H and O–H groups in total. The maximum Gasteiger partial charge on any atom is 0.270 e. The first-order chi connectivity index (χ1) is 14.3. The van der Waals surface area contributed by atoms with E-state index in [1.54, 1.807) is 0 Å². The first-order valence-corrected chi connectivity index (χ1v) is 10.8. The van der Waals surface area contributed by atoms with Gasteiger partial charge in [0.15, 0.2) is 0 Å². The molecule has 0 unspecified atom stereocenters. The summed E-state index contributed by atoms with van der Waals surface area (Å²) in [4.78, 5) is 40.2. The highest BCUT2D eigenvalue weighted by Crippen LogP contribution is 2.61. The number of nitrogens with zero attached hydrogens (tertiary/aromatic N) is 3. The lowest BCUT2D eigenvalue weighted by Gasteiger charge is -2.59. The van der Waals surface area contributed by atoms with Crippen LogP contribution >= 0.6 is 0 Å². The van der Waals surface area contributed by atoms with Gasteiger partial charge in [-0.3, -0.25) is 24.3 Å². The topological polar surface area (TPSA) is 107 Å². The van der Waals surface area contributed by atoms with Crippen molar-refractivity contribution in [3.8, 4) is 0 Å². The Kier molecular flexibility index (Phi) is 4.41. The minimum Gasteiger partial charge on any atom is -0.352 e. The van der Waals surface area contributed by atoms with Gasteiger partial charge in [-0.15, -0.1) is 0 Å². The fraction of sp³-hybridized carbons (Fsp3) is 0.591. The largest absolute Gasteiger partial charge is 0.352 e. The van der Waals surface area contributed by atoms with Crippen molar-refractivity contribution < 1.29 is 9.72 Å². The maximum absolute atomic E-state index is 12.8. The normalized spacial score (nSPS) is 30.4. The Morgan fingerprint density at radius 2 is 1.90 bits per heavy atom. The lowest BCUT2D eigenvalue weighted by atomic mass is 9.48. The van der Waals surface area contributed by atoms with Gasteiger partial charge in [-0.2, -0.15) is 0 Å². The number of carbonyl (C=O) groups is 1. The van der Waals surface area contributed by atoms with Crippen LogP contribution in [0.3, 0.4) is 0 Å². The van der Waals surface area contributed by atoms with E-state index >= 15 is 0 Å². The van der Waals surface area contributed by atoms with Gasteiger partial charge in [0.05, 0.1) is 22.2 Å². The summed E-state index contributed by atoms with van der Waals surface area (Å²) in [7, 11) is 0. The number of hydrogen-bond acceptors (Lipinski definition) is 5. The number of fused-ring (bicyclic) bond motifs is 1. The van der Waals surface area contributed by atoms with Gasteiger partial charge in [0, 0.05) is 18.2 Å². The highest BCUT2D eigenvalue weighted by Gasteiger charge is 2.53. The SMILES string of the molecule is C[C@H](NC(=O)Cn1cnc2ccc([N+](=O)[O-])cc2c1=O)C12CC3CC(CC(C3)C1)C2. The number of carbonyl (C=O) groups excluding carboxylic acids is 1. The summed E-state index contributed by atoms with van der Waals surface area (Å²) in [5.41, 5.74) is -0.0398. The lowest BCUT2D eigenvalue weighted by molar-refractivity contribution is -0.384. The van der Waals surface area contributed by atoms with Crippen molar-refractivity contribution in [2.45, 2.75) is 58.0 Å². The van der Waals surface area contributed by atoms with E-state index in [0.717, 1.165) is 17.8 Å². The molecule has 8 nitrogen and oxygen atoms in total. The van der Waals surface area contributed by atoms with Crippen molar-refractivity contribution in [3.63, 3.8) is 0 Å². The highest BCUT2D eigenvalue weighted by molar-refractivity contribution is 5.81. The van der Waals surface area contributed by atoms with Crippen molar-refractivity contribution in [1.29, 1.82) is 0 Å². The van der Waals surface area contributed by atoms with Gasteiger partial charge in [0.2, 0.25) is 5.91 Å². The van der Waals surface area contributed by atoms with Crippen LogP contribution in [0.1, 0.15) is 45.4 Å². The minimum atomic E-state index is -0.546. The Hall–Kier alpha value is -2.77. The molecule has 4 saturated carbocycles. The molecule has 4 fully saturated rings. The van der Waals surface area contributed by atoms with E-state index in [0.29, 0.717) is 5.52 Å². The van der Waals surface area contributed by atoms with Crippen LogP contribution in [0.5, 0.6) is 0 Å². The van der Waals surface area contributed by atoms with Crippen LogP contribution in [0.15, 0.2) is 29.3 Å². The zero-order valence-corrected chi connectivity index (χ0v) is 17.0. The monoisotopic (exact) mass is 410 g/mol. The van der Waals surface area contributed by atoms with Crippen molar-refractivity contribution in [1.82, 2.24) is 14.9 Å². The van der Waals surface area contributed by atoms with Gasteiger partial charge in [-0.25, -0.2) is 4.98 Å². The Labute approximate surface area is 173 Å². The second-order valence-electron chi connectivity index (χ2n) is 9.71. The summed E-state index contributed by atoms with van der Waals surface area (Å²) in [6.07, 6.45) is 8.98. The molecule has 0 saturated heterocycles. The van der Waals surface area contributed by atoms with Crippen LogP contribution in [-0.4, -0.2) is 26.4 Å². The summed E-state index contributed by atoms with van der Waals surface area (Å²) in [6, 6.07) is 4.06. The van der Waals surface area contributed by atoms with Gasteiger partial charge in [0.1, 0.15) is 6.54 Å². The van der Waals surface area contributed by atoms with Crippen LogP contribution in [0, 0.1) is 33.3 Å². The molecule has 1 amide bonds. The third-order valence-electron chi connectivity index (χ3n) is 7.71. The molecule has 4 bridgehead atoms. The molecule has 4 aliphatic carbocycles. The summed E-state index contributed by atoms with van der Waals surface area (Å²) >= 11 is 0. The third kappa shape index (κ3) is 3.18. The second-order valence-corrected chi connectivity index (χ2v) is 9.71. The number of amides is 1. The van der Waals surface area contributed by atoms with E-state index in [-0.39, 0.29) is 35.0 Å². The van der Waals surface area contributed by atoms with Gasteiger partial charge in [0.25, 0.3) is 11.2 Å². The Balaban J connectivity index is 1.33. The van der Waals surface area contributed by atoms with Gasteiger partial charge in [-0.1, -0.05) is 0 Å². The van der Waals surface area contributed by atoms with Gasteiger partial charge >= 0.3 is 0 Å². The number of rotatable bonds is 5. The smallest absolute Gasteiger partial charge is 0.270 e. The van der Waals surface area contributed by atoms with Crippen LogP contribution in [0.4, 0.5) is 5.69 Å². The average Bonchev–Trinajstić information content (AvgIpc) is 2.69. The van der Waals surface area contributed by atoms with E-state index in [1.807, 2.05) is 0 Å².